The van der Waals surface area contributed by atoms with Gasteiger partial charge >= 0.3 is 11.9 Å². The summed E-state index contributed by atoms with van der Waals surface area (Å²) in [4.78, 5) is 34.0. The van der Waals surface area contributed by atoms with Gasteiger partial charge in [-0.1, -0.05) is 40.0 Å². The van der Waals surface area contributed by atoms with Gasteiger partial charge < -0.3 is 46.2 Å². The molecule has 1 saturated heterocycles. The zero-order valence-corrected chi connectivity index (χ0v) is 31.6. The van der Waals surface area contributed by atoms with E-state index in [0.717, 1.165) is 44.3 Å². The Hall–Kier alpha value is -3.51. The molecular formula is C35H68N6O8. The highest BCUT2D eigenvalue weighted by molar-refractivity contribution is 5.71. The number of nitrogens with one attached hydrogen (secondary N) is 2. The standard InChI is InChI=1S/C23H37NO4.C4H10.C3H7NO2.C2H3N.CH4N2.CH3NO.CH4O/c1-4-27-23(2,3)15-18-10-12-20(24-18)21-13-11-19(28-21)16-26-22(25)14-17-8-6-5-7-9-17;1-4(2)3;1-6-3(5)2-4;1-2-3;2*2-1-3;1-2/h10,12,17,19,21,24H,4-9,11,13-16H2,1-3H3;4H,1-3H3;2,4H2,1H3;1H3;1H,(H3,2,3);1H,(H2,2,3);2H,1H3. The highest BCUT2D eigenvalue weighted by Gasteiger charge is 2.29. The predicted octanol–water partition coefficient (Wildman–Crippen LogP) is 4.68. The molecule has 2 atom stereocenters. The monoisotopic (exact) mass is 701 g/mol. The van der Waals surface area contributed by atoms with E-state index in [1.807, 2.05) is 6.92 Å². The first-order valence-electron chi connectivity index (χ1n) is 16.7. The molecule has 1 aromatic heterocycles. The average molecular weight is 701 g/mol. The van der Waals surface area contributed by atoms with Crippen LogP contribution in [-0.2, 0) is 39.8 Å². The van der Waals surface area contributed by atoms with E-state index < -0.39 is 0 Å². The minimum atomic E-state index is -0.380. The van der Waals surface area contributed by atoms with Crippen molar-refractivity contribution in [3.05, 3.63) is 23.5 Å². The van der Waals surface area contributed by atoms with Crippen LogP contribution in [0.3, 0.4) is 0 Å². The normalized spacial score (nSPS) is 16.1. The summed E-state index contributed by atoms with van der Waals surface area (Å²) < 4.78 is 21.6. The van der Waals surface area contributed by atoms with Crippen LogP contribution in [0.25, 0.3) is 0 Å². The fourth-order valence-corrected chi connectivity index (χ4v) is 4.66. The third-order valence-corrected chi connectivity index (χ3v) is 6.38. The van der Waals surface area contributed by atoms with Crippen LogP contribution in [0.1, 0.15) is 117 Å². The lowest BCUT2D eigenvalue weighted by molar-refractivity contribution is -0.149. The number of esters is 2. The van der Waals surface area contributed by atoms with Crippen LogP contribution in [-0.4, -0.2) is 80.5 Å². The maximum absolute atomic E-state index is 12.1. The van der Waals surface area contributed by atoms with Crippen molar-refractivity contribution in [2.45, 2.75) is 124 Å². The van der Waals surface area contributed by atoms with Crippen LogP contribution >= 0.6 is 0 Å². The first-order valence-corrected chi connectivity index (χ1v) is 16.7. The summed E-state index contributed by atoms with van der Waals surface area (Å²) in [7, 11) is 2.30. The molecule has 0 radical (unpaired) electrons. The Morgan fingerprint density at radius 3 is 2.06 bits per heavy atom. The number of carbonyl (C=O) groups excluding carboxylic acids is 3. The van der Waals surface area contributed by atoms with Gasteiger partial charge in [0.2, 0.25) is 6.41 Å². The summed E-state index contributed by atoms with van der Waals surface area (Å²) in [5.41, 5.74) is 15.5. The molecule has 1 amide bonds. The number of aliphatic hydroxyl groups is 1. The number of methoxy groups -OCH3 is 1. The minimum Gasteiger partial charge on any atom is -0.468 e. The van der Waals surface area contributed by atoms with E-state index in [1.54, 1.807) is 6.07 Å². The van der Waals surface area contributed by atoms with E-state index in [1.165, 1.54) is 51.8 Å². The van der Waals surface area contributed by atoms with Gasteiger partial charge in [-0.15, -0.1) is 0 Å². The molecule has 1 aromatic rings. The fraction of sp³-hybridized carbons (Fsp3) is 0.743. The molecule has 1 saturated carbocycles. The van der Waals surface area contributed by atoms with Gasteiger partial charge in [0, 0.05) is 44.9 Å². The molecule has 2 fully saturated rings. The van der Waals surface area contributed by atoms with Crippen LogP contribution in [0.15, 0.2) is 12.1 Å². The number of nitrogens with two attached hydrogens (primary N) is 3. The average Bonchev–Trinajstić information content (AvgIpc) is 3.72. The Kier molecular flexibility index (Phi) is 38.2. The Labute approximate surface area is 295 Å². The Balaban J connectivity index is -0.000000397. The lowest BCUT2D eigenvalue weighted by Crippen LogP contribution is -2.27. The number of carbonyl (C=O) groups is 3. The number of hydrogen-bond acceptors (Lipinski definition) is 11. The summed E-state index contributed by atoms with van der Waals surface area (Å²) in [6.45, 7) is 15.2. The van der Waals surface area contributed by atoms with E-state index in [0.29, 0.717) is 25.6 Å². The van der Waals surface area contributed by atoms with Crippen molar-refractivity contribution < 1.29 is 38.4 Å². The van der Waals surface area contributed by atoms with Crippen LogP contribution in [0, 0.1) is 28.6 Å². The van der Waals surface area contributed by atoms with Gasteiger partial charge in [0.05, 0.1) is 43.9 Å². The topological polar surface area (TPSA) is 250 Å². The first kappa shape index (κ1) is 52.3. The molecule has 1 aliphatic heterocycles. The molecule has 2 aliphatic rings. The van der Waals surface area contributed by atoms with Crippen LogP contribution in [0.5, 0.6) is 0 Å². The highest BCUT2D eigenvalue weighted by Crippen LogP contribution is 2.33. The van der Waals surface area contributed by atoms with E-state index >= 15 is 0 Å². The van der Waals surface area contributed by atoms with Crippen LogP contribution in [0.2, 0.25) is 0 Å². The maximum atomic E-state index is 12.1. The van der Waals surface area contributed by atoms with E-state index in [9.17, 15) is 9.59 Å². The number of primary amides is 1. The van der Waals surface area contributed by atoms with Gasteiger partial charge in [0.25, 0.3) is 0 Å². The largest absolute Gasteiger partial charge is 0.468 e. The quantitative estimate of drug-likeness (QED) is 0.0846. The van der Waals surface area contributed by atoms with Crippen molar-refractivity contribution in [2.24, 2.45) is 29.0 Å². The number of H-pyrrole nitrogens is 1. The molecule has 0 aromatic carbocycles. The Bertz CT molecular complexity index is 961. The van der Waals surface area contributed by atoms with Crippen molar-refractivity contribution in [2.75, 3.05) is 34.0 Å². The number of aromatic nitrogens is 1. The van der Waals surface area contributed by atoms with E-state index in [-0.39, 0.29) is 42.7 Å². The summed E-state index contributed by atoms with van der Waals surface area (Å²) in [5.74, 6) is 0.922. The second kappa shape index (κ2) is 35.8. The zero-order chi connectivity index (χ0) is 38.7. The number of hydrogen-bond donors (Lipinski definition) is 6. The minimum absolute atomic E-state index is 0.00641. The lowest BCUT2D eigenvalue weighted by Gasteiger charge is -2.24. The molecule has 49 heavy (non-hydrogen) atoms. The Morgan fingerprint density at radius 1 is 1.12 bits per heavy atom. The second-order valence-corrected chi connectivity index (χ2v) is 12.1. The maximum Gasteiger partial charge on any atom is 0.319 e. The van der Waals surface area contributed by atoms with Gasteiger partial charge in [-0.2, -0.15) is 5.26 Å². The van der Waals surface area contributed by atoms with E-state index in [2.05, 4.69) is 67.9 Å². The van der Waals surface area contributed by atoms with Crippen molar-refractivity contribution in [1.82, 2.24) is 4.98 Å². The molecule has 3 rings (SSSR count). The van der Waals surface area contributed by atoms with Crippen molar-refractivity contribution in [3.63, 3.8) is 0 Å². The molecule has 0 bridgehead atoms. The SMILES string of the molecule is CC#N.CC(C)C.CCOC(C)(C)Cc1ccc(C2CCC(COC(=O)CC3CCCCC3)O2)[nH]1.CO.COC(=O)CN.N=CN.NC=O. The highest BCUT2D eigenvalue weighted by atomic mass is 16.6. The molecule has 286 valence electrons. The van der Waals surface area contributed by atoms with E-state index in [4.69, 9.17) is 40.5 Å². The van der Waals surface area contributed by atoms with Crippen molar-refractivity contribution >= 4 is 24.7 Å². The number of rotatable bonds is 10. The van der Waals surface area contributed by atoms with Crippen LogP contribution < -0.4 is 17.2 Å². The molecule has 2 unspecified atom stereocenters. The van der Waals surface area contributed by atoms with Crippen molar-refractivity contribution in [3.8, 4) is 6.07 Å². The number of nitriles is 1. The smallest absolute Gasteiger partial charge is 0.319 e. The number of amides is 1. The van der Waals surface area contributed by atoms with Gasteiger partial charge in [-0.3, -0.25) is 19.8 Å². The molecular weight excluding hydrogens is 632 g/mol. The van der Waals surface area contributed by atoms with Gasteiger partial charge in [0.1, 0.15) is 6.61 Å². The predicted molar refractivity (Wildman–Crippen MR) is 193 cm³/mol. The third-order valence-electron chi connectivity index (χ3n) is 6.38. The number of aliphatic hydroxyl groups excluding tert-OH is 1. The molecule has 2 heterocycles. The molecule has 14 heteroatoms. The number of aromatic amines is 1. The fourth-order valence-electron chi connectivity index (χ4n) is 4.66. The molecule has 14 nitrogen and oxygen atoms in total. The zero-order valence-electron chi connectivity index (χ0n) is 31.6. The van der Waals surface area contributed by atoms with Crippen LogP contribution in [0.4, 0.5) is 0 Å². The second-order valence-electron chi connectivity index (χ2n) is 12.1. The molecule has 9 N–H and O–H groups in total. The molecule has 0 spiro atoms. The van der Waals surface area contributed by atoms with Gasteiger partial charge in [0.15, 0.2) is 0 Å². The Morgan fingerprint density at radius 2 is 1.63 bits per heavy atom. The lowest BCUT2D eigenvalue weighted by atomic mass is 9.87. The first-order chi connectivity index (χ1) is 23.2. The number of ether oxygens (including phenoxy) is 4. The van der Waals surface area contributed by atoms with Gasteiger partial charge in [-0.25, -0.2) is 0 Å². The molecule has 1 aliphatic carbocycles. The number of nitrogens with zero attached hydrogens (tertiary/aromatic N) is 1. The van der Waals surface area contributed by atoms with Crippen molar-refractivity contribution in [1.29, 1.82) is 10.7 Å². The summed E-state index contributed by atoms with van der Waals surface area (Å²) in [6.07, 6.45) is 10.5. The summed E-state index contributed by atoms with van der Waals surface area (Å²) >= 11 is 0. The summed E-state index contributed by atoms with van der Waals surface area (Å²) in [5, 5.41) is 20.2. The van der Waals surface area contributed by atoms with Gasteiger partial charge in [-0.05, 0) is 70.4 Å². The third kappa shape index (κ3) is 34.2. The summed E-state index contributed by atoms with van der Waals surface area (Å²) in [6, 6.07) is 5.98.